The smallest absolute Gasteiger partial charge is 0.269 e. The Hall–Kier alpha value is -0.130. The van der Waals surface area contributed by atoms with E-state index in [0.717, 1.165) is 19.5 Å². The fraction of sp³-hybridized carbons (Fsp3) is 1.00. The van der Waals surface area contributed by atoms with Gasteiger partial charge in [0.05, 0.1) is 5.25 Å². The molecule has 4 nitrogen and oxygen atoms in total. The molecule has 72 valence electrons. The number of hydrogen-bond donors (Lipinski definition) is 1. The molecule has 1 rings (SSSR count). The molecule has 0 spiro atoms. The van der Waals surface area contributed by atoms with E-state index >= 15 is 0 Å². The van der Waals surface area contributed by atoms with E-state index < -0.39 is 15.4 Å². The average molecular weight is 193 g/mol. The van der Waals surface area contributed by atoms with Crippen molar-refractivity contribution in [2.24, 2.45) is 0 Å². The molecule has 0 aromatic carbocycles. The molecule has 1 atom stereocenters. The molecule has 0 radical (unpaired) electrons. The molecule has 1 unspecified atom stereocenters. The van der Waals surface area contributed by atoms with Crippen LogP contribution in [-0.2, 0) is 10.1 Å². The number of rotatable bonds is 2. The van der Waals surface area contributed by atoms with Gasteiger partial charge in [0.15, 0.2) is 0 Å². The molecule has 12 heavy (non-hydrogen) atoms. The van der Waals surface area contributed by atoms with E-state index in [4.69, 9.17) is 4.55 Å². The molecule has 5 heteroatoms. The topological polar surface area (TPSA) is 57.6 Å². The number of hydrogen-bond acceptors (Lipinski definition) is 3. The van der Waals surface area contributed by atoms with Crippen LogP contribution in [-0.4, -0.2) is 42.8 Å². The van der Waals surface area contributed by atoms with Crippen molar-refractivity contribution in [2.45, 2.75) is 25.0 Å². The Bertz CT molecular complexity index is 237. The van der Waals surface area contributed by atoms with Crippen molar-refractivity contribution in [1.29, 1.82) is 0 Å². The summed E-state index contributed by atoms with van der Waals surface area (Å²) in [6, 6.07) is 0. The van der Waals surface area contributed by atoms with Crippen molar-refractivity contribution in [3.05, 3.63) is 0 Å². The summed E-state index contributed by atoms with van der Waals surface area (Å²) in [7, 11) is -3.81. The van der Waals surface area contributed by atoms with E-state index in [0.29, 0.717) is 13.0 Å². The molecule has 0 saturated carbocycles. The highest BCUT2D eigenvalue weighted by molar-refractivity contribution is 7.86. The maximum absolute atomic E-state index is 10.8. The third-order valence-electron chi connectivity index (χ3n) is 2.33. The molecular formula is C7H15NO3S. The van der Waals surface area contributed by atoms with Crippen molar-refractivity contribution in [3.63, 3.8) is 0 Å². The summed E-state index contributed by atoms with van der Waals surface area (Å²) >= 11 is 0. The monoisotopic (exact) mass is 193 g/mol. The Morgan fingerprint density at radius 2 is 2.25 bits per heavy atom. The van der Waals surface area contributed by atoms with Crippen LogP contribution in [0.2, 0.25) is 0 Å². The van der Waals surface area contributed by atoms with Gasteiger partial charge < -0.3 is 4.90 Å². The van der Waals surface area contributed by atoms with Gasteiger partial charge in [0, 0.05) is 6.54 Å². The standard InChI is InChI=1S/C7H15NO3S/c1-2-8-5-3-4-7(6-8)12(9,10)11/h7H,2-6H2,1H3,(H,9,10,11). The van der Waals surface area contributed by atoms with Crippen LogP contribution in [0.1, 0.15) is 19.8 Å². The zero-order chi connectivity index (χ0) is 9.19. The highest BCUT2D eigenvalue weighted by Crippen LogP contribution is 2.15. The van der Waals surface area contributed by atoms with Gasteiger partial charge in [-0.15, -0.1) is 0 Å². The SMILES string of the molecule is CCN1CCCC(S(=O)(=O)O)C1. The van der Waals surface area contributed by atoms with Gasteiger partial charge in [-0.05, 0) is 25.9 Å². The molecule has 1 N–H and O–H groups in total. The molecule has 1 saturated heterocycles. The molecule has 1 fully saturated rings. The maximum Gasteiger partial charge on any atom is 0.269 e. The molecule has 1 aliphatic rings. The first-order chi connectivity index (χ1) is 5.54. The van der Waals surface area contributed by atoms with Gasteiger partial charge >= 0.3 is 0 Å². The minimum Gasteiger partial charge on any atom is -0.302 e. The van der Waals surface area contributed by atoms with Crippen molar-refractivity contribution in [1.82, 2.24) is 4.90 Å². The van der Waals surface area contributed by atoms with Gasteiger partial charge in [-0.25, -0.2) is 0 Å². The van der Waals surface area contributed by atoms with Gasteiger partial charge in [0.1, 0.15) is 0 Å². The van der Waals surface area contributed by atoms with E-state index in [-0.39, 0.29) is 0 Å². The van der Waals surface area contributed by atoms with Crippen molar-refractivity contribution in [3.8, 4) is 0 Å². The Labute approximate surface area is 73.3 Å². The fourth-order valence-electron chi connectivity index (χ4n) is 1.54. The lowest BCUT2D eigenvalue weighted by atomic mass is 10.1. The first kappa shape index (κ1) is 9.95. The third kappa shape index (κ3) is 2.43. The molecular weight excluding hydrogens is 178 g/mol. The Balaban J connectivity index is 2.58. The average Bonchev–Trinajstić information content (AvgIpc) is 2.03. The summed E-state index contributed by atoms with van der Waals surface area (Å²) in [5.74, 6) is 0. The van der Waals surface area contributed by atoms with E-state index in [1.54, 1.807) is 0 Å². The minimum absolute atomic E-state index is 0.481. The van der Waals surface area contributed by atoms with Gasteiger partial charge in [-0.2, -0.15) is 8.42 Å². The largest absolute Gasteiger partial charge is 0.302 e. The van der Waals surface area contributed by atoms with Crippen molar-refractivity contribution >= 4 is 10.1 Å². The van der Waals surface area contributed by atoms with Crippen LogP contribution in [0.4, 0.5) is 0 Å². The first-order valence-corrected chi connectivity index (χ1v) is 5.73. The Kier molecular flexibility index (Phi) is 3.09. The number of piperidine rings is 1. The van der Waals surface area contributed by atoms with E-state index in [2.05, 4.69) is 0 Å². The summed E-state index contributed by atoms with van der Waals surface area (Å²) in [6.45, 7) is 4.27. The third-order valence-corrected chi connectivity index (χ3v) is 3.56. The van der Waals surface area contributed by atoms with Crippen LogP contribution >= 0.6 is 0 Å². The second-order valence-corrected chi connectivity index (χ2v) is 4.87. The minimum atomic E-state index is -3.81. The molecule has 0 aromatic heterocycles. The second-order valence-electron chi connectivity index (χ2n) is 3.17. The van der Waals surface area contributed by atoms with E-state index in [1.165, 1.54) is 0 Å². The lowest BCUT2D eigenvalue weighted by Gasteiger charge is -2.29. The molecule has 0 bridgehead atoms. The molecule has 1 heterocycles. The summed E-state index contributed by atoms with van der Waals surface area (Å²) < 4.78 is 30.4. The lowest BCUT2D eigenvalue weighted by Crippen LogP contribution is -2.41. The lowest BCUT2D eigenvalue weighted by molar-refractivity contribution is 0.236. The van der Waals surface area contributed by atoms with Crippen molar-refractivity contribution in [2.75, 3.05) is 19.6 Å². The highest BCUT2D eigenvalue weighted by Gasteiger charge is 2.28. The number of nitrogens with zero attached hydrogens (tertiary/aromatic N) is 1. The summed E-state index contributed by atoms with van der Waals surface area (Å²) in [5.41, 5.74) is 0. The second kappa shape index (κ2) is 3.72. The normalized spacial score (nSPS) is 27.3. The van der Waals surface area contributed by atoms with Crippen LogP contribution in [0.25, 0.3) is 0 Å². The summed E-state index contributed by atoms with van der Waals surface area (Å²) in [5, 5.41) is -0.564. The fourth-order valence-corrected chi connectivity index (χ4v) is 2.41. The van der Waals surface area contributed by atoms with Crippen LogP contribution < -0.4 is 0 Å². The number of likely N-dealkylation sites (tertiary alicyclic amines) is 1. The maximum atomic E-state index is 10.8. The van der Waals surface area contributed by atoms with Gasteiger partial charge in [0.2, 0.25) is 0 Å². The van der Waals surface area contributed by atoms with Gasteiger partial charge in [-0.3, -0.25) is 4.55 Å². The predicted molar refractivity (Wildman–Crippen MR) is 46.7 cm³/mol. The highest BCUT2D eigenvalue weighted by atomic mass is 32.2. The Morgan fingerprint density at radius 1 is 1.58 bits per heavy atom. The Morgan fingerprint density at radius 3 is 2.75 bits per heavy atom. The van der Waals surface area contributed by atoms with Crippen LogP contribution in [0, 0.1) is 0 Å². The summed E-state index contributed by atoms with van der Waals surface area (Å²) in [6.07, 6.45) is 1.45. The molecule has 1 aliphatic heterocycles. The van der Waals surface area contributed by atoms with Crippen LogP contribution in [0.5, 0.6) is 0 Å². The van der Waals surface area contributed by atoms with Crippen molar-refractivity contribution < 1.29 is 13.0 Å². The first-order valence-electron chi connectivity index (χ1n) is 4.22. The summed E-state index contributed by atoms with van der Waals surface area (Å²) in [4.78, 5) is 2.04. The van der Waals surface area contributed by atoms with Gasteiger partial charge in [-0.1, -0.05) is 6.92 Å². The predicted octanol–water partition coefficient (Wildman–Crippen LogP) is 0.359. The van der Waals surface area contributed by atoms with E-state index in [9.17, 15) is 8.42 Å². The molecule has 0 amide bonds. The zero-order valence-corrected chi connectivity index (χ0v) is 8.05. The molecule has 0 aromatic rings. The van der Waals surface area contributed by atoms with E-state index in [1.807, 2.05) is 11.8 Å². The van der Waals surface area contributed by atoms with Crippen LogP contribution in [0.15, 0.2) is 0 Å². The zero-order valence-electron chi connectivity index (χ0n) is 7.23. The van der Waals surface area contributed by atoms with Gasteiger partial charge in [0.25, 0.3) is 10.1 Å². The quantitative estimate of drug-likeness (QED) is 0.643. The van der Waals surface area contributed by atoms with Crippen LogP contribution in [0.3, 0.4) is 0 Å². The molecule has 0 aliphatic carbocycles.